The second-order valence-corrected chi connectivity index (χ2v) is 7.56. The van der Waals surface area contributed by atoms with Gasteiger partial charge < -0.3 is 4.42 Å². The Morgan fingerprint density at radius 2 is 2.16 bits per heavy atom. The van der Waals surface area contributed by atoms with Gasteiger partial charge in [-0.15, -0.1) is 11.3 Å². The zero-order valence-electron chi connectivity index (χ0n) is 13.6. The molecular weight excluding hydrogens is 352 g/mol. The Morgan fingerprint density at radius 1 is 1.24 bits per heavy atom. The Bertz CT molecular complexity index is 988. The SMILES string of the molecule is CCc1ccc2nc(N(Cc3ccco3)C(=O)c3cccs3)sc2c1. The summed E-state index contributed by atoms with van der Waals surface area (Å²) in [5.74, 6) is 0.680. The minimum absolute atomic E-state index is 0.0545. The molecule has 0 unspecified atom stereocenters. The van der Waals surface area contributed by atoms with E-state index in [0.29, 0.717) is 16.6 Å². The lowest BCUT2D eigenvalue weighted by Crippen LogP contribution is -2.29. The number of thiophene rings is 1. The monoisotopic (exact) mass is 368 g/mol. The van der Waals surface area contributed by atoms with Gasteiger partial charge in [0, 0.05) is 0 Å². The summed E-state index contributed by atoms with van der Waals surface area (Å²) >= 11 is 2.97. The average Bonchev–Trinajstić information content (AvgIpc) is 3.39. The lowest BCUT2D eigenvalue weighted by molar-refractivity contribution is 0.0987. The van der Waals surface area contributed by atoms with Gasteiger partial charge in [-0.25, -0.2) is 4.98 Å². The summed E-state index contributed by atoms with van der Waals surface area (Å²) in [4.78, 5) is 20.1. The Kier molecular flexibility index (Phi) is 4.38. The van der Waals surface area contributed by atoms with E-state index in [1.165, 1.54) is 28.2 Å². The Hall–Kier alpha value is -2.44. The van der Waals surface area contributed by atoms with E-state index < -0.39 is 0 Å². The molecule has 0 aliphatic carbocycles. The fourth-order valence-corrected chi connectivity index (χ4v) is 4.31. The van der Waals surface area contributed by atoms with Gasteiger partial charge in [-0.3, -0.25) is 9.69 Å². The third-order valence-corrected chi connectivity index (χ3v) is 5.85. The molecule has 4 aromatic rings. The van der Waals surface area contributed by atoms with Crippen LogP contribution in [0.3, 0.4) is 0 Å². The first-order valence-corrected chi connectivity index (χ1v) is 9.71. The molecule has 25 heavy (non-hydrogen) atoms. The number of fused-ring (bicyclic) bond motifs is 1. The van der Waals surface area contributed by atoms with Crippen LogP contribution in [0.25, 0.3) is 10.2 Å². The molecule has 0 radical (unpaired) electrons. The van der Waals surface area contributed by atoms with E-state index in [-0.39, 0.29) is 5.91 Å². The van der Waals surface area contributed by atoms with Crippen molar-refractivity contribution in [3.05, 3.63) is 70.3 Å². The van der Waals surface area contributed by atoms with Crippen LogP contribution in [0.15, 0.2) is 58.5 Å². The molecule has 0 saturated carbocycles. The van der Waals surface area contributed by atoms with Crippen LogP contribution in [0.1, 0.15) is 27.9 Å². The Morgan fingerprint density at radius 3 is 2.88 bits per heavy atom. The number of furan rings is 1. The van der Waals surface area contributed by atoms with Crippen LogP contribution in [0, 0.1) is 0 Å². The highest BCUT2D eigenvalue weighted by Gasteiger charge is 2.23. The summed E-state index contributed by atoms with van der Waals surface area (Å²) in [6.45, 7) is 2.50. The summed E-state index contributed by atoms with van der Waals surface area (Å²) in [6.07, 6.45) is 2.60. The molecule has 0 aliphatic rings. The standard InChI is InChI=1S/C19H16N2O2S2/c1-2-13-7-8-15-17(11-13)25-19(20-15)21(12-14-5-3-9-23-14)18(22)16-6-4-10-24-16/h3-11H,2,12H2,1H3. The van der Waals surface area contributed by atoms with E-state index in [1.807, 2.05) is 35.7 Å². The molecule has 3 aromatic heterocycles. The van der Waals surface area contributed by atoms with Crippen molar-refractivity contribution in [2.45, 2.75) is 19.9 Å². The second kappa shape index (κ2) is 6.82. The molecule has 0 aliphatic heterocycles. The number of rotatable bonds is 5. The molecule has 3 heterocycles. The first-order chi connectivity index (χ1) is 12.2. The minimum atomic E-state index is -0.0545. The van der Waals surface area contributed by atoms with Gasteiger partial charge in [0.25, 0.3) is 5.91 Å². The molecule has 0 saturated heterocycles. The van der Waals surface area contributed by atoms with Gasteiger partial charge in [-0.1, -0.05) is 30.4 Å². The van der Waals surface area contributed by atoms with Crippen molar-refractivity contribution in [2.75, 3.05) is 4.90 Å². The molecule has 0 atom stereocenters. The summed E-state index contributed by atoms with van der Waals surface area (Å²) in [5, 5.41) is 2.60. The average molecular weight is 368 g/mol. The first kappa shape index (κ1) is 16.1. The number of nitrogens with zero attached hydrogens (tertiary/aromatic N) is 2. The van der Waals surface area contributed by atoms with E-state index in [1.54, 1.807) is 11.2 Å². The van der Waals surface area contributed by atoms with E-state index in [2.05, 4.69) is 24.0 Å². The Labute approximate surface area is 153 Å². The molecular formula is C19H16N2O2S2. The van der Waals surface area contributed by atoms with Crippen LogP contribution >= 0.6 is 22.7 Å². The van der Waals surface area contributed by atoms with E-state index >= 15 is 0 Å². The summed E-state index contributed by atoms with van der Waals surface area (Å²) in [7, 11) is 0. The van der Waals surface area contributed by atoms with Gasteiger partial charge in [-0.2, -0.15) is 0 Å². The first-order valence-electron chi connectivity index (χ1n) is 8.02. The zero-order chi connectivity index (χ0) is 17.2. The fourth-order valence-electron chi connectivity index (χ4n) is 2.61. The maximum absolute atomic E-state index is 13.0. The fraction of sp³-hybridized carbons (Fsp3) is 0.158. The predicted molar refractivity (Wildman–Crippen MR) is 103 cm³/mol. The number of benzene rings is 1. The van der Waals surface area contributed by atoms with Crippen LogP contribution in [0.4, 0.5) is 5.13 Å². The lowest BCUT2D eigenvalue weighted by Gasteiger charge is -2.17. The minimum Gasteiger partial charge on any atom is -0.467 e. The number of carbonyl (C=O) groups excluding carboxylic acids is 1. The highest BCUT2D eigenvalue weighted by Crippen LogP contribution is 2.32. The maximum Gasteiger partial charge on any atom is 0.270 e. The van der Waals surface area contributed by atoms with Gasteiger partial charge in [0.1, 0.15) is 5.76 Å². The molecule has 0 bridgehead atoms. The summed E-state index contributed by atoms with van der Waals surface area (Å²) in [5.41, 5.74) is 2.19. The number of hydrogen-bond acceptors (Lipinski definition) is 5. The highest BCUT2D eigenvalue weighted by atomic mass is 32.1. The lowest BCUT2D eigenvalue weighted by atomic mass is 10.2. The molecule has 6 heteroatoms. The number of anilines is 1. The molecule has 0 N–H and O–H groups in total. The van der Waals surface area contributed by atoms with E-state index in [9.17, 15) is 4.79 Å². The quantitative estimate of drug-likeness (QED) is 0.476. The predicted octanol–water partition coefficient (Wildman–Crippen LogP) is 5.36. The van der Waals surface area contributed by atoms with Crippen molar-refractivity contribution in [3.8, 4) is 0 Å². The van der Waals surface area contributed by atoms with Gasteiger partial charge >= 0.3 is 0 Å². The number of aryl methyl sites for hydroxylation is 1. The largest absolute Gasteiger partial charge is 0.467 e. The van der Waals surface area contributed by atoms with Crippen LogP contribution in [-0.2, 0) is 13.0 Å². The molecule has 0 spiro atoms. The smallest absolute Gasteiger partial charge is 0.270 e. The van der Waals surface area contributed by atoms with E-state index in [0.717, 1.165) is 22.4 Å². The van der Waals surface area contributed by atoms with Crippen molar-refractivity contribution >= 4 is 43.9 Å². The topological polar surface area (TPSA) is 46.3 Å². The highest BCUT2D eigenvalue weighted by molar-refractivity contribution is 7.22. The van der Waals surface area contributed by atoms with Crippen molar-refractivity contribution < 1.29 is 9.21 Å². The number of amides is 1. The third kappa shape index (κ3) is 3.23. The molecule has 126 valence electrons. The van der Waals surface area contributed by atoms with E-state index in [4.69, 9.17) is 4.42 Å². The summed E-state index contributed by atoms with van der Waals surface area (Å²) in [6, 6.07) is 13.7. The van der Waals surface area contributed by atoms with Crippen molar-refractivity contribution in [1.29, 1.82) is 0 Å². The van der Waals surface area contributed by atoms with Crippen molar-refractivity contribution in [3.63, 3.8) is 0 Å². The van der Waals surface area contributed by atoms with Crippen LogP contribution in [0.2, 0.25) is 0 Å². The summed E-state index contributed by atoms with van der Waals surface area (Å²) < 4.78 is 6.55. The maximum atomic E-state index is 13.0. The Balaban J connectivity index is 1.75. The van der Waals surface area contributed by atoms with Crippen LogP contribution in [-0.4, -0.2) is 10.9 Å². The molecule has 0 fully saturated rings. The van der Waals surface area contributed by atoms with Crippen LogP contribution < -0.4 is 4.90 Å². The van der Waals surface area contributed by atoms with Gasteiger partial charge in [0.15, 0.2) is 5.13 Å². The number of carbonyl (C=O) groups is 1. The van der Waals surface area contributed by atoms with Gasteiger partial charge in [-0.05, 0) is 47.7 Å². The zero-order valence-corrected chi connectivity index (χ0v) is 15.3. The van der Waals surface area contributed by atoms with Gasteiger partial charge in [0.05, 0.1) is 27.9 Å². The van der Waals surface area contributed by atoms with Crippen molar-refractivity contribution in [1.82, 2.24) is 4.98 Å². The second-order valence-electron chi connectivity index (χ2n) is 5.60. The molecule has 1 aromatic carbocycles. The normalized spacial score (nSPS) is 11.1. The number of aromatic nitrogens is 1. The molecule has 1 amide bonds. The molecule has 4 nitrogen and oxygen atoms in total. The van der Waals surface area contributed by atoms with Gasteiger partial charge in [0.2, 0.25) is 0 Å². The van der Waals surface area contributed by atoms with Crippen molar-refractivity contribution in [2.24, 2.45) is 0 Å². The number of hydrogen-bond donors (Lipinski definition) is 0. The third-order valence-electron chi connectivity index (χ3n) is 3.95. The molecule has 4 rings (SSSR count). The number of thiazole rings is 1. The van der Waals surface area contributed by atoms with Crippen LogP contribution in [0.5, 0.6) is 0 Å².